The molecule has 0 spiro atoms. The fourth-order valence-electron chi connectivity index (χ4n) is 6.52. The van der Waals surface area contributed by atoms with Crippen molar-refractivity contribution in [2.75, 3.05) is 4.90 Å². The van der Waals surface area contributed by atoms with Crippen LogP contribution in [0, 0.1) is 0 Å². The minimum atomic E-state index is -4.04. The third kappa shape index (κ3) is 5.40. The van der Waals surface area contributed by atoms with Crippen molar-refractivity contribution in [3.63, 3.8) is 0 Å². The number of nitrogens with zero attached hydrogens (tertiary/aromatic N) is 1. The minimum absolute atomic E-state index is 0.194. The minimum Gasteiger partial charge on any atom is -0.455 e. The van der Waals surface area contributed by atoms with Crippen LogP contribution in [-0.2, 0) is 5.41 Å². The molecule has 1 aromatic heterocycles. The van der Waals surface area contributed by atoms with Crippen molar-refractivity contribution in [3.8, 4) is 44.5 Å². The molecule has 0 fully saturated rings. The highest BCUT2D eigenvalue weighted by Gasteiger charge is 2.35. The zero-order valence-electron chi connectivity index (χ0n) is 67.4. The number of furan rings is 1. The summed E-state index contributed by atoms with van der Waals surface area (Å²) in [7, 11) is 0. The molecule has 0 saturated heterocycles. The molecule has 1 aliphatic carbocycles. The van der Waals surface area contributed by atoms with Crippen LogP contribution in [0.5, 0.6) is 0 Å². The van der Waals surface area contributed by atoms with Gasteiger partial charge >= 0.3 is 0 Å². The number of anilines is 3. The molecular formula is C55H39NO. The maximum Gasteiger partial charge on any atom is 0.143 e. The van der Waals surface area contributed by atoms with Crippen molar-refractivity contribution in [2.24, 2.45) is 0 Å². The summed E-state index contributed by atoms with van der Waals surface area (Å²) in [5, 5.41) is -3.50. The molecule has 2 nitrogen and oxygen atoms in total. The Morgan fingerprint density at radius 2 is 0.982 bits per heavy atom. The molecule has 57 heavy (non-hydrogen) atoms. The molecule has 0 atom stereocenters. The number of benzene rings is 9. The molecule has 0 bridgehead atoms. The second-order valence-corrected chi connectivity index (χ2v) is 12.3. The zero-order valence-corrected chi connectivity index (χ0v) is 28.4. The number of para-hydroxylation sites is 1. The molecule has 1 heterocycles. The van der Waals surface area contributed by atoms with Gasteiger partial charge in [0.25, 0.3) is 0 Å². The summed E-state index contributed by atoms with van der Waals surface area (Å²) < 4.78 is 362. The van der Waals surface area contributed by atoms with Crippen LogP contribution in [0.3, 0.4) is 0 Å². The summed E-state index contributed by atoms with van der Waals surface area (Å²) in [5.74, 6) is 0. The largest absolute Gasteiger partial charge is 0.455 e. The third-order valence-electron chi connectivity index (χ3n) is 9.01. The maximum atomic E-state index is 10.2. The molecule has 0 unspecified atom stereocenters. The summed E-state index contributed by atoms with van der Waals surface area (Å²) in [5.41, 5.74) is -20.2. The molecule has 1 aliphatic rings. The first-order chi connectivity index (χ1) is 44.3. The van der Waals surface area contributed by atoms with Gasteiger partial charge in [-0.1, -0.05) is 147 Å². The highest BCUT2D eigenvalue weighted by molar-refractivity contribution is 6.19. The summed E-state index contributed by atoms with van der Waals surface area (Å²) in [6, 6.07) is -39.0. The third-order valence-corrected chi connectivity index (χ3v) is 9.01. The van der Waals surface area contributed by atoms with Crippen LogP contribution >= 0.6 is 0 Å². The van der Waals surface area contributed by atoms with E-state index in [4.69, 9.17) is 38.7 Å². The quantitative estimate of drug-likeness (QED) is 0.167. The predicted octanol–water partition coefficient (Wildman–Crippen LogP) is 15.5. The molecule has 10 aromatic rings. The monoisotopic (exact) mass is 769 g/mol. The van der Waals surface area contributed by atoms with Gasteiger partial charge in [0.1, 0.15) is 11.2 Å². The number of hydrogen-bond donors (Lipinski definition) is 0. The smallest absolute Gasteiger partial charge is 0.143 e. The van der Waals surface area contributed by atoms with Crippen LogP contribution < -0.4 is 4.90 Å². The van der Waals surface area contributed by atoms with Gasteiger partial charge in [0.2, 0.25) is 0 Å². The zero-order chi connectivity index (χ0) is 71.8. The average molecular weight is 769 g/mol. The summed E-state index contributed by atoms with van der Waals surface area (Å²) >= 11 is 0. The van der Waals surface area contributed by atoms with Gasteiger partial charge in [0.05, 0.1) is 45.2 Å². The van der Waals surface area contributed by atoms with E-state index in [1.54, 1.807) is 0 Å². The molecule has 2 heteroatoms. The predicted molar refractivity (Wildman–Crippen MR) is 240 cm³/mol. The molecule has 0 aliphatic heterocycles. The van der Waals surface area contributed by atoms with Crippen LogP contribution in [0.25, 0.3) is 77.2 Å². The van der Waals surface area contributed by atoms with Crippen molar-refractivity contribution in [1.82, 2.24) is 0 Å². The van der Waals surface area contributed by atoms with Gasteiger partial charge in [-0.2, -0.15) is 0 Å². The molecule has 9 aromatic carbocycles. The van der Waals surface area contributed by atoms with Crippen LogP contribution in [0.15, 0.2) is 204 Å². The lowest BCUT2D eigenvalue weighted by Gasteiger charge is -2.28. The Kier molecular flexibility index (Phi) is 2.77. The lowest BCUT2D eigenvalue weighted by atomic mass is 9.82. The number of fused-ring (bicyclic) bond motifs is 8. The normalized spacial score (nSPS) is 23.0. The van der Waals surface area contributed by atoms with E-state index in [9.17, 15) is 19.2 Å². The van der Waals surface area contributed by atoms with Crippen LogP contribution in [-0.4, -0.2) is 0 Å². The Labute approximate surface area is 387 Å². The molecule has 0 N–H and O–H groups in total. The van der Waals surface area contributed by atoms with Crippen molar-refractivity contribution in [3.05, 3.63) is 211 Å². The van der Waals surface area contributed by atoms with E-state index >= 15 is 0 Å². The first-order valence-electron chi connectivity index (χ1n) is 36.1. The van der Waals surface area contributed by atoms with Crippen molar-refractivity contribution in [2.45, 2.75) is 19.1 Å². The van der Waals surface area contributed by atoms with E-state index in [-0.39, 0.29) is 4.90 Å². The SMILES string of the molecule is [2H]c1c([2H])c([2H])c(-c2c([2H])c(-c3c([2H])c([2H])c([2H])c([2H])c3[2H])c([2H])c(-c3c([2H])c4c(oc5c([2H])c(N(c6c([2H])c([2H])c([2H])c([2H])c6[2H])c6c([2H])c([2H])c7c(c6[2H])C(C([2H])([2H])[2H])(C([2H])([2H])[2H])c6c([2H])c([2H])c([2H])c([2H])c6-7)c([2H])c([2H])c54)c4c([2H])c([2H])c([2H])c([2H])c34)c2[2H])c([2H])c1[2H]. The van der Waals surface area contributed by atoms with E-state index in [2.05, 4.69) is 0 Å². The fourth-order valence-corrected chi connectivity index (χ4v) is 6.52. The lowest BCUT2D eigenvalue weighted by molar-refractivity contribution is 0.660. The van der Waals surface area contributed by atoms with E-state index in [1.807, 2.05) is 0 Å². The molecule has 0 amide bonds. The Hall–Kier alpha value is -7.16. The van der Waals surface area contributed by atoms with Gasteiger partial charge in [-0.05, 0) is 121 Å². The topological polar surface area (TPSA) is 16.4 Å². The molecule has 11 rings (SSSR count). The Morgan fingerprint density at radius 3 is 1.70 bits per heavy atom. The van der Waals surface area contributed by atoms with Crippen LogP contribution in [0.1, 0.15) is 78.3 Å². The van der Waals surface area contributed by atoms with Crippen molar-refractivity contribution in [1.29, 1.82) is 0 Å². The summed E-state index contributed by atoms with van der Waals surface area (Å²) in [4.78, 5) is 0.194. The lowest BCUT2D eigenvalue weighted by Crippen LogP contribution is -2.16. The van der Waals surface area contributed by atoms with E-state index in [0.29, 0.717) is 0 Å². The summed E-state index contributed by atoms with van der Waals surface area (Å²) in [6.07, 6.45) is 0. The Morgan fingerprint density at radius 1 is 0.404 bits per heavy atom. The standard InChI is InChI=1S/C55H39NO/c1-55(2)51-25-15-14-23-45(51)46-28-26-42(33-52(46)55)56(41-20-10-5-11-21-41)43-27-29-47-50-35-49(44-22-12-13-24-48(44)54(50)57-53(47)34-43)40-31-38(36-16-6-3-7-17-36)30-39(32-40)37-18-8-4-9-19-37/h3-35H,1-2H3/i1D3,2D3,3D,4D,5D,6D,7D,8D,9D,10D,11D,12D,13D,14D,15D,16D,17D,18D,19D,20D,21D,22D,23D,24D,25D,26D,27D,28D,29D,30D,31D,32D,33D,34D,35D. The van der Waals surface area contributed by atoms with Gasteiger partial charge in [0, 0.05) is 52.9 Å². The second kappa shape index (κ2) is 13.0. The highest BCUT2D eigenvalue weighted by Crippen LogP contribution is 2.51. The van der Waals surface area contributed by atoms with E-state index in [0.717, 1.165) is 0 Å². The Bertz CT molecular complexity index is 5110. The van der Waals surface area contributed by atoms with Gasteiger partial charge in [-0.3, -0.25) is 0 Å². The first-order valence-corrected chi connectivity index (χ1v) is 16.6. The Balaban J connectivity index is 1.38. The van der Waals surface area contributed by atoms with Crippen LogP contribution in [0.2, 0.25) is 0 Å². The van der Waals surface area contributed by atoms with Crippen molar-refractivity contribution >= 4 is 49.8 Å². The average Bonchev–Trinajstić information content (AvgIpc) is 1.47. The van der Waals surface area contributed by atoms with Crippen LogP contribution in [0.4, 0.5) is 17.1 Å². The molecular weight excluding hydrogens is 691 g/mol. The summed E-state index contributed by atoms with van der Waals surface area (Å²) in [6.45, 7) is -8.08. The van der Waals surface area contributed by atoms with E-state index in [1.165, 1.54) is 0 Å². The fraction of sp³-hybridized carbons (Fsp3) is 0.0545. The maximum absolute atomic E-state index is 10.2. The highest BCUT2D eigenvalue weighted by atomic mass is 16.3. The van der Waals surface area contributed by atoms with Gasteiger partial charge in [0.15, 0.2) is 0 Å². The van der Waals surface area contributed by atoms with Gasteiger partial charge < -0.3 is 9.32 Å². The van der Waals surface area contributed by atoms with E-state index < -0.39 is 324 Å². The van der Waals surface area contributed by atoms with Gasteiger partial charge in [-0.25, -0.2) is 0 Å². The number of hydrogen-bond acceptors (Lipinski definition) is 2. The molecule has 0 radical (unpaired) electrons. The van der Waals surface area contributed by atoms with Crippen molar-refractivity contribution < 1.29 is 57.9 Å². The number of rotatable bonds is 6. The second-order valence-electron chi connectivity index (χ2n) is 12.3. The first kappa shape index (κ1) is 12.2. The van der Waals surface area contributed by atoms with Gasteiger partial charge in [-0.15, -0.1) is 0 Å². The molecule has 0 saturated carbocycles. The molecule has 270 valence electrons.